The Kier molecular flexibility index (Phi) is 3.27. The lowest BCUT2D eigenvalue weighted by atomic mass is 10.0. The van der Waals surface area contributed by atoms with Crippen molar-refractivity contribution >= 4 is 15.9 Å². The molecular formula is C9H8BrNO. The zero-order valence-electron chi connectivity index (χ0n) is 6.42. The highest BCUT2D eigenvalue weighted by Crippen LogP contribution is 2.16. The fourth-order valence-corrected chi connectivity index (χ4v) is 1.51. The van der Waals surface area contributed by atoms with Crippen molar-refractivity contribution in [1.82, 2.24) is 0 Å². The van der Waals surface area contributed by atoms with Crippen LogP contribution in [0.5, 0.6) is 0 Å². The first kappa shape index (κ1) is 9.24. The predicted molar refractivity (Wildman–Crippen MR) is 49.7 cm³/mol. The smallest absolute Gasteiger partial charge is 0.0998 e. The summed E-state index contributed by atoms with van der Waals surface area (Å²) in [4.78, 5) is 0. The van der Waals surface area contributed by atoms with Crippen molar-refractivity contribution in [3.8, 4) is 6.07 Å². The number of benzene rings is 1. The second kappa shape index (κ2) is 4.24. The average molecular weight is 226 g/mol. The molecule has 0 spiro atoms. The van der Waals surface area contributed by atoms with Gasteiger partial charge < -0.3 is 5.11 Å². The molecule has 0 fully saturated rings. The van der Waals surface area contributed by atoms with Gasteiger partial charge in [0.15, 0.2) is 0 Å². The maximum Gasteiger partial charge on any atom is 0.0998 e. The Balaban J connectivity index is 3.25. The number of aliphatic hydroxyl groups is 1. The fraction of sp³-hybridized carbons (Fsp3) is 0.222. The summed E-state index contributed by atoms with van der Waals surface area (Å²) < 4.78 is 0. The molecule has 0 atom stereocenters. The van der Waals surface area contributed by atoms with Crippen molar-refractivity contribution in [1.29, 1.82) is 5.26 Å². The first-order valence-electron chi connectivity index (χ1n) is 3.51. The number of nitriles is 1. The van der Waals surface area contributed by atoms with Gasteiger partial charge in [0.25, 0.3) is 0 Å². The Labute approximate surface area is 79.6 Å². The van der Waals surface area contributed by atoms with E-state index >= 15 is 0 Å². The first-order chi connectivity index (χ1) is 5.83. The van der Waals surface area contributed by atoms with Gasteiger partial charge in [-0.3, -0.25) is 0 Å². The molecule has 0 aliphatic heterocycles. The molecule has 0 heterocycles. The second-order valence-electron chi connectivity index (χ2n) is 2.35. The van der Waals surface area contributed by atoms with Crippen LogP contribution in [-0.4, -0.2) is 5.11 Å². The molecule has 62 valence electrons. The van der Waals surface area contributed by atoms with Crippen molar-refractivity contribution < 1.29 is 5.11 Å². The Morgan fingerprint density at radius 1 is 1.42 bits per heavy atom. The topological polar surface area (TPSA) is 44.0 Å². The SMILES string of the molecule is N#Cc1c(CO)cccc1CBr. The quantitative estimate of drug-likeness (QED) is 0.783. The molecule has 0 radical (unpaired) electrons. The zero-order chi connectivity index (χ0) is 8.97. The van der Waals surface area contributed by atoms with Crippen LogP contribution in [0, 0.1) is 11.3 Å². The molecule has 1 aromatic rings. The van der Waals surface area contributed by atoms with E-state index in [4.69, 9.17) is 10.4 Å². The van der Waals surface area contributed by atoms with E-state index in [2.05, 4.69) is 22.0 Å². The van der Waals surface area contributed by atoms with Gasteiger partial charge in [0.1, 0.15) is 0 Å². The Morgan fingerprint density at radius 2 is 2.08 bits per heavy atom. The van der Waals surface area contributed by atoms with E-state index in [1.807, 2.05) is 12.1 Å². The third-order valence-electron chi connectivity index (χ3n) is 1.66. The van der Waals surface area contributed by atoms with Crippen molar-refractivity contribution in [2.45, 2.75) is 11.9 Å². The van der Waals surface area contributed by atoms with E-state index in [-0.39, 0.29) is 6.61 Å². The van der Waals surface area contributed by atoms with E-state index in [1.54, 1.807) is 6.07 Å². The molecular weight excluding hydrogens is 218 g/mol. The summed E-state index contributed by atoms with van der Waals surface area (Å²) in [6.07, 6.45) is 0. The molecule has 0 aliphatic rings. The van der Waals surface area contributed by atoms with E-state index in [0.717, 1.165) is 5.56 Å². The van der Waals surface area contributed by atoms with Gasteiger partial charge >= 0.3 is 0 Å². The largest absolute Gasteiger partial charge is 0.392 e. The van der Waals surface area contributed by atoms with Crippen LogP contribution in [0.25, 0.3) is 0 Å². The Hall–Kier alpha value is -0.850. The number of nitrogens with zero attached hydrogens (tertiary/aromatic N) is 1. The molecule has 0 saturated carbocycles. The summed E-state index contributed by atoms with van der Waals surface area (Å²) in [5.41, 5.74) is 2.19. The maximum atomic E-state index is 8.90. The molecule has 0 aliphatic carbocycles. The fourth-order valence-electron chi connectivity index (χ4n) is 1.04. The van der Waals surface area contributed by atoms with Gasteiger partial charge in [-0.05, 0) is 11.1 Å². The van der Waals surface area contributed by atoms with E-state index < -0.39 is 0 Å². The van der Waals surface area contributed by atoms with Crippen molar-refractivity contribution in [2.75, 3.05) is 0 Å². The monoisotopic (exact) mass is 225 g/mol. The van der Waals surface area contributed by atoms with Gasteiger partial charge in [-0.15, -0.1) is 0 Å². The molecule has 2 nitrogen and oxygen atoms in total. The molecule has 0 aromatic heterocycles. The molecule has 0 amide bonds. The summed E-state index contributed by atoms with van der Waals surface area (Å²) in [5, 5.41) is 18.3. The van der Waals surface area contributed by atoms with E-state index in [9.17, 15) is 0 Å². The number of hydrogen-bond acceptors (Lipinski definition) is 2. The normalized spacial score (nSPS) is 9.42. The summed E-state index contributed by atoms with van der Waals surface area (Å²) in [6.45, 7) is -0.0796. The Bertz CT molecular complexity index is 295. The third kappa shape index (κ3) is 1.66. The van der Waals surface area contributed by atoms with Gasteiger partial charge in [-0.1, -0.05) is 34.1 Å². The number of halogens is 1. The van der Waals surface area contributed by atoms with Crippen LogP contribution in [0.2, 0.25) is 0 Å². The highest BCUT2D eigenvalue weighted by Gasteiger charge is 2.04. The highest BCUT2D eigenvalue weighted by molar-refractivity contribution is 9.08. The predicted octanol–water partition coefficient (Wildman–Crippen LogP) is 1.95. The first-order valence-corrected chi connectivity index (χ1v) is 4.63. The minimum atomic E-state index is -0.0796. The van der Waals surface area contributed by atoms with Crippen LogP contribution in [0.1, 0.15) is 16.7 Å². The molecule has 12 heavy (non-hydrogen) atoms. The van der Waals surface area contributed by atoms with Crippen LogP contribution in [-0.2, 0) is 11.9 Å². The summed E-state index contributed by atoms with van der Waals surface area (Å²) in [5.74, 6) is 0. The molecule has 3 heteroatoms. The summed E-state index contributed by atoms with van der Waals surface area (Å²) in [6, 6.07) is 7.53. The van der Waals surface area contributed by atoms with Crippen molar-refractivity contribution in [3.63, 3.8) is 0 Å². The third-order valence-corrected chi connectivity index (χ3v) is 2.27. The lowest BCUT2D eigenvalue weighted by Gasteiger charge is -2.03. The maximum absolute atomic E-state index is 8.90. The lowest BCUT2D eigenvalue weighted by molar-refractivity contribution is 0.281. The molecule has 0 unspecified atom stereocenters. The van der Waals surface area contributed by atoms with Crippen molar-refractivity contribution in [2.24, 2.45) is 0 Å². The Morgan fingerprint density at radius 3 is 2.58 bits per heavy atom. The average Bonchev–Trinajstić information content (AvgIpc) is 2.16. The number of rotatable bonds is 2. The molecule has 1 aromatic carbocycles. The van der Waals surface area contributed by atoms with Crippen LogP contribution < -0.4 is 0 Å². The zero-order valence-corrected chi connectivity index (χ0v) is 8.00. The highest BCUT2D eigenvalue weighted by atomic mass is 79.9. The summed E-state index contributed by atoms with van der Waals surface area (Å²) >= 11 is 3.28. The minimum Gasteiger partial charge on any atom is -0.392 e. The minimum absolute atomic E-state index is 0.0796. The molecule has 1 rings (SSSR count). The second-order valence-corrected chi connectivity index (χ2v) is 2.92. The summed E-state index contributed by atoms with van der Waals surface area (Å²) in [7, 11) is 0. The number of aliphatic hydroxyl groups excluding tert-OH is 1. The van der Waals surface area contributed by atoms with Crippen LogP contribution >= 0.6 is 15.9 Å². The van der Waals surface area contributed by atoms with Gasteiger partial charge in [0, 0.05) is 5.33 Å². The molecule has 1 N–H and O–H groups in total. The number of alkyl halides is 1. The standard InChI is InChI=1S/C9H8BrNO/c10-4-7-2-1-3-8(6-12)9(7)5-11/h1-3,12H,4,6H2. The molecule has 0 bridgehead atoms. The van der Waals surface area contributed by atoms with Gasteiger partial charge in [0.2, 0.25) is 0 Å². The molecule has 0 saturated heterocycles. The van der Waals surface area contributed by atoms with Crippen LogP contribution in [0.15, 0.2) is 18.2 Å². The van der Waals surface area contributed by atoms with Crippen LogP contribution in [0.3, 0.4) is 0 Å². The van der Waals surface area contributed by atoms with Crippen LogP contribution in [0.4, 0.5) is 0 Å². The number of hydrogen-bond donors (Lipinski definition) is 1. The van der Waals surface area contributed by atoms with E-state index in [1.165, 1.54) is 0 Å². The van der Waals surface area contributed by atoms with Crippen molar-refractivity contribution in [3.05, 3.63) is 34.9 Å². The van der Waals surface area contributed by atoms with Gasteiger partial charge in [-0.2, -0.15) is 5.26 Å². The lowest BCUT2D eigenvalue weighted by Crippen LogP contribution is -1.93. The van der Waals surface area contributed by atoms with E-state index in [0.29, 0.717) is 16.5 Å². The van der Waals surface area contributed by atoms with Gasteiger partial charge in [-0.25, -0.2) is 0 Å². The van der Waals surface area contributed by atoms with Gasteiger partial charge in [0.05, 0.1) is 18.2 Å².